The maximum absolute atomic E-state index is 6.26. The Morgan fingerprint density at radius 1 is 0.161 bits per heavy atom. The molecule has 0 atom stereocenters. The van der Waals surface area contributed by atoms with Crippen LogP contribution in [0.4, 0.5) is 0 Å². The molecule has 8 aromatic carbocycles. The van der Waals surface area contributed by atoms with Crippen LogP contribution < -0.4 is 9.47 Å². The molecule has 0 radical (unpaired) electrons. The highest BCUT2D eigenvalue weighted by molar-refractivity contribution is 7.31. The number of unbranched alkanes of at least 4 members (excludes halogenated alkanes) is 40. The van der Waals surface area contributed by atoms with Crippen molar-refractivity contribution in [3.63, 3.8) is 0 Å². The Bertz CT molecular complexity index is 5800. The maximum Gasteiger partial charge on any atom is 0.119 e. The molecule has 0 unspecified atom stereocenters. The van der Waals surface area contributed by atoms with Gasteiger partial charge in [-0.3, -0.25) is 0 Å². The molecule has 0 aliphatic heterocycles. The molecule has 8 heteroatoms. The van der Waals surface area contributed by atoms with Crippen molar-refractivity contribution in [2.24, 2.45) is 0 Å². The molecule has 6 aromatic heterocycles. The minimum atomic E-state index is -0.0644. The van der Waals surface area contributed by atoms with Gasteiger partial charge in [0.15, 0.2) is 0 Å². The van der Waals surface area contributed by atoms with E-state index >= 15 is 0 Å². The first kappa shape index (κ1) is 106. The molecule has 0 spiro atoms. The van der Waals surface area contributed by atoms with Crippen molar-refractivity contribution >= 4 is 86.8 Å². The van der Waals surface area contributed by atoms with Gasteiger partial charge in [0.1, 0.15) is 11.5 Å². The molecule has 758 valence electrons. The van der Waals surface area contributed by atoms with Crippen LogP contribution in [0.15, 0.2) is 206 Å². The Morgan fingerprint density at radius 3 is 0.545 bits per heavy atom. The van der Waals surface area contributed by atoms with Gasteiger partial charge >= 0.3 is 0 Å². The second-order valence-electron chi connectivity index (χ2n) is 43.4. The molecular formula is C135H170O2S6. The van der Waals surface area contributed by atoms with E-state index in [9.17, 15) is 0 Å². The minimum Gasteiger partial charge on any atom is -0.494 e. The number of thiophene rings is 6. The second-order valence-corrected chi connectivity index (χ2v) is 49.9. The van der Waals surface area contributed by atoms with Crippen LogP contribution in [0, 0.1) is 0 Å². The van der Waals surface area contributed by atoms with Crippen LogP contribution in [0.5, 0.6) is 11.5 Å². The molecule has 2 nitrogen and oxygen atoms in total. The van der Waals surface area contributed by atoms with Gasteiger partial charge in [-0.15, -0.1) is 68.0 Å². The number of rotatable bonds is 66. The molecule has 0 amide bonds. The number of hydrogen-bond donors (Lipinski definition) is 0. The summed E-state index contributed by atoms with van der Waals surface area (Å²) in [5.74, 6) is 1.96. The number of benzene rings is 8. The van der Waals surface area contributed by atoms with Crippen molar-refractivity contribution in [2.45, 2.75) is 418 Å². The fourth-order valence-electron chi connectivity index (χ4n) is 24.8. The molecule has 143 heavy (non-hydrogen) atoms. The average molecular weight is 2020 g/mol. The molecule has 0 saturated carbocycles. The summed E-state index contributed by atoms with van der Waals surface area (Å²) in [6.45, 7) is 20.3. The van der Waals surface area contributed by atoms with E-state index in [1.165, 1.54) is 470 Å². The number of hydrogen-bond acceptors (Lipinski definition) is 8. The summed E-state index contributed by atoms with van der Waals surface area (Å²) in [5.41, 5.74) is 29.0. The Balaban J connectivity index is 0.659. The van der Waals surface area contributed by atoms with E-state index in [1.807, 2.05) is 68.0 Å². The quantitative estimate of drug-likeness (QED) is 0.0354. The molecule has 17 rings (SSSR count). The molecular weight excluding hydrogens is 1850 g/mol. The molecule has 3 aliphatic carbocycles. The van der Waals surface area contributed by atoms with E-state index < -0.39 is 0 Å². The summed E-state index contributed by atoms with van der Waals surface area (Å²) < 4.78 is 18.2. The monoisotopic (exact) mass is 2020 g/mol. The first-order valence-electron chi connectivity index (χ1n) is 58.2. The van der Waals surface area contributed by atoms with Gasteiger partial charge < -0.3 is 9.47 Å². The zero-order valence-electron chi connectivity index (χ0n) is 89.0. The van der Waals surface area contributed by atoms with Gasteiger partial charge in [0.05, 0.1) is 13.2 Å². The van der Waals surface area contributed by atoms with E-state index in [0.717, 1.165) is 37.6 Å². The lowest BCUT2D eigenvalue weighted by atomic mass is 9.70. The lowest BCUT2D eigenvalue weighted by molar-refractivity contribution is 0.304. The second kappa shape index (κ2) is 53.8. The summed E-state index contributed by atoms with van der Waals surface area (Å²) in [5, 5.41) is 0. The third-order valence-electron chi connectivity index (χ3n) is 33.0. The van der Waals surface area contributed by atoms with E-state index in [1.54, 1.807) is 33.4 Å². The van der Waals surface area contributed by atoms with Gasteiger partial charge in [-0.25, -0.2) is 0 Å². The van der Waals surface area contributed by atoms with E-state index in [0.29, 0.717) is 0 Å². The van der Waals surface area contributed by atoms with Crippen molar-refractivity contribution in [1.82, 2.24) is 0 Å². The highest BCUT2D eigenvalue weighted by atomic mass is 32.1. The summed E-state index contributed by atoms with van der Waals surface area (Å²) in [6.07, 6.45) is 69.7. The van der Waals surface area contributed by atoms with Crippen LogP contribution in [0.2, 0.25) is 0 Å². The van der Waals surface area contributed by atoms with E-state index in [4.69, 9.17) is 9.47 Å². The fourth-order valence-corrected chi connectivity index (χ4v) is 31.5. The molecule has 0 saturated heterocycles. The summed E-state index contributed by atoms with van der Waals surface area (Å²) in [7, 11) is 0. The van der Waals surface area contributed by atoms with Crippen molar-refractivity contribution in [1.29, 1.82) is 0 Å². The maximum atomic E-state index is 6.26. The van der Waals surface area contributed by atoms with Crippen LogP contribution in [0.3, 0.4) is 0 Å². The predicted molar refractivity (Wildman–Crippen MR) is 637 cm³/mol. The summed E-state index contributed by atoms with van der Waals surface area (Å²) in [6, 6.07) is 84.2. The number of ether oxygens (including phenoxy) is 2. The van der Waals surface area contributed by atoms with Crippen molar-refractivity contribution < 1.29 is 9.47 Å². The Kier molecular flexibility index (Phi) is 40.0. The van der Waals surface area contributed by atoms with Gasteiger partial charge in [0.25, 0.3) is 0 Å². The molecule has 6 heterocycles. The van der Waals surface area contributed by atoms with E-state index in [-0.39, 0.29) is 16.2 Å². The third-order valence-corrected chi connectivity index (χ3v) is 40.1. The molecule has 14 aromatic rings. The van der Waals surface area contributed by atoms with Gasteiger partial charge in [-0.2, -0.15) is 0 Å². The third kappa shape index (κ3) is 26.0. The summed E-state index contributed by atoms with van der Waals surface area (Å²) >= 11 is 12.0. The van der Waals surface area contributed by atoms with Crippen molar-refractivity contribution in [2.75, 3.05) is 13.2 Å². The van der Waals surface area contributed by atoms with Crippen molar-refractivity contribution in [3.05, 3.63) is 240 Å². The first-order valence-corrected chi connectivity index (χ1v) is 63.1. The van der Waals surface area contributed by atoms with Crippen LogP contribution in [-0.2, 0) is 16.2 Å². The lowest BCUT2D eigenvalue weighted by Gasteiger charge is -2.33. The van der Waals surface area contributed by atoms with Gasteiger partial charge in [-0.05, 0) is 296 Å². The zero-order chi connectivity index (χ0) is 98.4. The highest BCUT2D eigenvalue weighted by Gasteiger charge is 2.47. The van der Waals surface area contributed by atoms with Crippen LogP contribution in [0.25, 0.3) is 136 Å². The van der Waals surface area contributed by atoms with Gasteiger partial charge in [-0.1, -0.05) is 424 Å². The standard InChI is InChI=1S/C135H170O2S6/c1-9-17-25-33-41-49-81-133(82-50-42-34-26-18-10-2)115-89-101(123-79-77-121(138-123)99-57-67-107(68-58-99)136-87-55-47-39-31-23-15-7)61-71-109(115)111-73-63-103(91-117(111)133)125-95-129-131(140-125)97-127(142-129)105-65-75-113-114-76-66-106(94-120(114)135(119(113)93-105,85-53-45-37-29-21-13-5)86-54-46-38-30-22-14-6)128-98-132-130(143-128)96-126(141-132)104-64-74-112-110-72-62-102(124-80-78-122(139-124)100-59-69-108(70-60-100)137-88-56-48-40-32-24-16-8)90-116(110)134(118(112)92-104,83-51-43-35-27-19-11-3)84-52-44-36-28-20-12-4/h57-80,89-98H,9-56,81-88H2,1-8H3. The van der Waals surface area contributed by atoms with Gasteiger partial charge in [0.2, 0.25) is 0 Å². The Morgan fingerprint density at radius 2 is 0.336 bits per heavy atom. The van der Waals surface area contributed by atoms with Crippen molar-refractivity contribution in [3.8, 4) is 128 Å². The number of fused-ring (bicyclic) bond motifs is 11. The van der Waals surface area contributed by atoms with Crippen LogP contribution >= 0.6 is 68.0 Å². The van der Waals surface area contributed by atoms with Crippen LogP contribution in [-0.4, -0.2) is 13.2 Å². The molecule has 0 fully saturated rings. The minimum absolute atomic E-state index is 0.0454. The largest absolute Gasteiger partial charge is 0.494 e. The Hall–Kier alpha value is -7.92. The highest BCUT2D eigenvalue weighted by Crippen LogP contribution is 2.62. The SMILES string of the molecule is CCCCCCCCOc1ccc(-c2ccc(-c3ccc4c(c3)C(CCCCCCCC)(CCCCCCCC)c3cc(-c5cc6sc(-c7ccc8c(c7)C(CCCCCCCC)(CCCCCCCC)c7cc(-c9cc%10sc(-c%11ccc%12c(c%11)C(CCCCCCCC)(CCCCCCCC)c%11cc(-c%13ccc(-c%14ccc(OCCCCCCCC)cc%14)s%13)ccc%11-%12)cc%10s9)ccc7-8)cc6s5)ccc3-4)s2)cc1. The smallest absolute Gasteiger partial charge is 0.119 e. The topological polar surface area (TPSA) is 18.5 Å². The summed E-state index contributed by atoms with van der Waals surface area (Å²) in [4.78, 5) is 11.0. The zero-order valence-corrected chi connectivity index (χ0v) is 93.9. The van der Waals surface area contributed by atoms with Gasteiger partial charge in [0, 0.05) is 74.1 Å². The first-order chi connectivity index (χ1) is 70.5. The fraction of sp³-hybridized carbons (Fsp3) is 0.496. The molecule has 0 bridgehead atoms. The molecule has 3 aliphatic rings. The normalized spacial score (nSPS) is 13.5. The van der Waals surface area contributed by atoms with E-state index in [2.05, 4.69) is 262 Å². The Labute approximate surface area is 888 Å². The molecule has 0 N–H and O–H groups in total. The van der Waals surface area contributed by atoms with Crippen LogP contribution in [0.1, 0.15) is 435 Å². The average Bonchev–Trinajstić information content (AvgIpc) is 1.56. The predicted octanol–water partition coefficient (Wildman–Crippen LogP) is 46.5. The lowest BCUT2D eigenvalue weighted by Crippen LogP contribution is -2.25.